The Bertz CT molecular complexity index is 448. The summed E-state index contributed by atoms with van der Waals surface area (Å²) in [5.41, 5.74) is 3.21. The molecule has 1 atom stereocenters. The number of nitrogens with zero attached hydrogens (tertiary/aromatic N) is 1. The summed E-state index contributed by atoms with van der Waals surface area (Å²) in [5, 5.41) is 9.62. The Kier molecular flexibility index (Phi) is 4.59. The Morgan fingerprint density at radius 1 is 1.16 bits per heavy atom. The Morgan fingerprint density at radius 2 is 1.79 bits per heavy atom. The summed E-state index contributed by atoms with van der Waals surface area (Å²) in [7, 11) is 0. The van der Waals surface area contributed by atoms with Gasteiger partial charge in [0.2, 0.25) is 0 Å². The monoisotopic (exact) mass is 261 g/mol. The first-order valence-corrected chi connectivity index (χ1v) is 7.13. The zero-order valence-electron chi connectivity index (χ0n) is 11.9. The van der Waals surface area contributed by atoms with Crippen molar-refractivity contribution in [2.24, 2.45) is 0 Å². The molecule has 1 saturated heterocycles. The minimum absolute atomic E-state index is 0.487. The third-order valence-electron chi connectivity index (χ3n) is 3.96. The molecule has 104 valence electrons. The standard InChI is InChI=1S/C16H23NO2/c1-12-7-8-14(13(2)11-12)15(16(18)19)17-9-5-3-4-6-10-17/h7-8,11,15H,3-6,9-10H2,1-2H3,(H,18,19). The van der Waals surface area contributed by atoms with Crippen LogP contribution in [0.2, 0.25) is 0 Å². The second-order valence-corrected chi connectivity index (χ2v) is 5.55. The highest BCUT2D eigenvalue weighted by Crippen LogP contribution is 2.27. The van der Waals surface area contributed by atoms with E-state index in [1.807, 2.05) is 26.0 Å². The number of hydrogen-bond donors (Lipinski definition) is 1. The summed E-state index contributed by atoms with van der Waals surface area (Å²) in [6.07, 6.45) is 4.65. The SMILES string of the molecule is Cc1ccc(C(C(=O)O)N2CCCCCC2)c(C)c1. The molecule has 3 nitrogen and oxygen atoms in total. The van der Waals surface area contributed by atoms with Gasteiger partial charge in [-0.25, -0.2) is 0 Å². The molecule has 0 radical (unpaired) electrons. The van der Waals surface area contributed by atoms with Crippen LogP contribution < -0.4 is 0 Å². The fraction of sp³-hybridized carbons (Fsp3) is 0.562. The molecular weight excluding hydrogens is 238 g/mol. The molecular formula is C16H23NO2. The number of carbonyl (C=O) groups is 1. The molecule has 1 aliphatic rings. The highest BCUT2D eigenvalue weighted by molar-refractivity contribution is 5.76. The molecule has 0 aliphatic carbocycles. The van der Waals surface area contributed by atoms with E-state index in [0.29, 0.717) is 0 Å². The molecule has 1 aromatic rings. The van der Waals surface area contributed by atoms with Gasteiger partial charge in [-0.3, -0.25) is 9.69 Å². The van der Waals surface area contributed by atoms with Crippen LogP contribution in [0, 0.1) is 13.8 Å². The first-order valence-electron chi connectivity index (χ1n) is 7.13. The molecule has 0 saturated carbocycles. The molecule has 1 heterocycles. The lowest BCUT2D eigenvalue weighted by Gasteiger charge is -2.28. The van der Waals surface area contributed by atoms with Crippen molar-refractivity contribution in [3.63, 3.8) is 0 Å². The maximum Gasteiger partial charge on any atom is 0.325 e. The minimum atomic E-state index is -0.728. The van der Waals surface area contributed by atoms with Gasteiger partial charge < -0.3 is 5.11 Å². The van der Waals surface area contributed by atoms with E-state index in [4.69, 9.17) is 0 Å². The Morgan fingerprint density at radius 3 is 2.32 bits per heavy atom. The molecule has 3 heteroatoms. The number of aryl methyl sites for hydroxylation is 2. The minimum Gasteiger partial charge on any atom is -0.480 e. The van der Waals surface area contributed by atoms with Gasteiger partial charge in [-0.05, 0) is 50.9 Å². The zero-order chi connectivity index (χ0) is 13.8. The van der Waals surface area contributed by atoms with E-state index in [-0.39, 0.29) is 0 Å². The normalized spacial score (nSPS) is 18.8. The van der Waals surface area contributed by atoms with E-state index in [2.05, 4.69) is 11.0 Å². The van der Waals surface area contributed by atoms with Gasteiger partial charge in [-0.1, -0.05) is 36.6 Å². The first kappa shape index (κ1) is 14.1. The fourth-order valence-corrected chi connectivity index (χ4v) is 2.97. The number of benzene rings is 1. The number of hydrogen-bond acceptors (Lipinski definition) is 2. The van der Waals surface area contributed by atoms with Crippen molar-refractivity contribution in [1.29, 1.82) is 0 Å². The average molecular weight is 261 g/mol. The topological polar surface area (TPSA) is 40.5 Å². The van der Waals surface area contributed by atoms with Crippen molar-refractivity contribution in [1.82, 2.24) is 4.90 Å². The molecule has 0 bridgehead atoms. The number of likely N-dealkylation sites (tertiary alicyclic amines) is 1. The summed E-state index contributed by atoms with van der Waals surface area (Å²) < 4.78 is 0. The predicted molar refractivity (Wildman–Crippen MR) is 76.3 cm³/mol. The summed E-state index contributed by atoms with van der Waals surface area (Å²) in [4.78, 5) is 13.8. The van der Waals surface area contributed by atoms with Gasteiger partial charge in [0.15, 0.2) is 0 Å². The highest BCUT2D eigenvalue weighted by atomic mass is 16.4. The molecule has 0 amide bonds. The Hall–Kier alpha value is -1.35. The van der Waals surface area contributed by atoms with Gasteiger partial charge in [0, 0.05) is 0 Å². The second kappa shape index (κ2) is 6.20. The van der Waals surface area contributed by atoms with Crippen LogP contribution >= 0.6 is 0 Å². The van der Waals surface area contributed by atoms with Gasteiger partial charge in [0.05, 0.1) is 0 Å². The largest absolute Gasteiger partial charge is 0.480 e. The maximum atomic E-state index is 11.7. The zero-order valence-corrected chi connectivity index (χ0v) is 11.9. The van der Waals surface area contributed by atoms with Crippen molar-refractivity contribution in [3.05, 3.63) is 34.9 Å². The Balaban J connectivity index is 2.30. The fourth-order valence-electron chi connectivity index (χ4n) is 2.97. The molecule has 1 fully saturated rings. The lowest BCUT2D eigenvalue weighted by atomic mass is 9.98. The van der Waals surface area contributed by atoms with Crippen molar-refractivity contribution in [2.45, 2.75) is 45.6 Å². The van der Waals surface area contributed by atoms with Gasteiger partial charge in [0.1, 0.15) is 6.04 Å². The van der Waals surface area contributed by atoms with E-state index < -0.39 is 12.0 Å². The first-order chi connectivity index (χ1) is 9.09. The van der Waals surface area contributed by atoms with Crippen LogP contribution in [0.4, 0.5) is 0 Å². The van der Waals surface area contributed by atoms with E-state index in [1.54, 1.807) is 0 Å². The van der Waals surface area contributed by atoms with Crippen molar-refractivity contribution >= 4 is 5.97 Å². The lowest BCUT2D eigenvalue weighted by molar-refractivity contribution is -0.143. The van der Waals surface area contributed by atoms with Gasteiger partial charge in [-0.15, -0.1) is 0 Å². The summed E-state index contributed by atoms with van der Waals surface area (Å²) >= 11 is 0. The number of aliphatic carboxylic acids is 1. The smallest absolute Gasteiger partial charge is 0.325 e. The number of rotatable bonds is 3. The Labute approximate surface area is 115 Å². The average Bonchev–Trinajstić information content (AvgIpc) is 2.61. The molecule has 19 heavy (non-hydrogen) atoms. The number of carboxylic acids is 1. The van der Waals surface area contributed by atoms with Crippen LogP contribution in [0.1, 0.15) is 48.4 Å². The van der Waals surface area contributed by atoms with Gasteiger partial charge >= 0.3 is 5.97 Å². The van der Waals surface area contributed by atoms with Crippen molar-refractivity contribution in [3.8, 4) is 0 Å². The molecule has 0 spiro atoms. The van der Waals surface area contributed by atoms with Crippen LogP contribution in [-0.4, -0.2) is 29.1 Å². The third-order valence-corrected chi connectivity index (χ3v) is 3.96. The van der Waals surface area contributed by atoms with E-state index in [9.17, 15) is 9.90 Å². The molecule has 1 aromatic carbocycles. The lowest BCUT2D eigenvalue weighted by Crippen LogP contribution is -2.35. The van der Waals surface area contributed by atoms with Crippen LogP contribution in [0.3, 0.4) is 0 Å². The molecule has 2 rings (SSSR count). The quantitative estimate of drug-likeness (QED) is 0.907. The summed E-state index contributed by atoms with van der Waals surface area (Å²) in [5.74, 6) is -0.728. The molecule has 1 unspecified atom stereocenters. The molecule has 1 N–H and O–H groups in total. The van der Waals surface area contributed by atoms with Crippen molar-refractivity contribution < 1.29 is 9.90 Å². The summed E-state index contributed by atoms with van der Waals surface area (Å²) in [6.45, 7) is 5.84. The maximum absolute atomic E-state index is 11.7. The van der Waals surface area contributed by atoms with Crippen LogP contribution in [0.25, 0.3) is 0 Å². The second-order valence-electron chi connectivity index (χ2n) is 5.55. The van der Waals surface area contributed by atoms with E-state index >= 15 is 0 Å². The summed E-state index contributed by atoms with van der Waals surface area (Å²) in [6, 6.07) is 5.58. The van der Waals surface area contributed by atoms with E-state index in [1.165, 1.54) is 18.4 Å². The van der Waals surface area contributed by atoms with Crippen LogP contribution in [0.15, 0.2) is 18.2 Å². The van der Waals surface area contributed by atoms with Gasteiger partial charge in [0.25, 0.3) is 0 Å². The van der Waals surface area contributed by atoms with Gasteiger partial charge in [-0.2, -0.15) is 0 Å². The van der Waals surface area contributed by atoms with E-state index in [0.717, 1.165) is 37.1 Å². The highest BCUT2D eigenvalue weighted by Gasteiger charge is 2.28. The third kappa shape index (κ3) is 3.35. The van der Waals surface area contributed by atoms with Crippen LogP contribution in [0.5, 0.6) is 0 Å². The predicted octanol–water partition coefficient (Wildman–Crippen LogP) is 3.31. The number of carboxylic acid groups (broad SMARTS) is 1. The van der Waals surface area contributed by atoms with Crippen molar-refractivity contribution in [2.75, 3.05) is 13.1 Å². The molecule has 1 aliphatic heterocycles. The molecule has 0 aromatic heterocycles. The van der Waals surface area contributed by atoms with Crippen LogP contribution in [-0.2, 0) is 4.79 Å².